The minimum atomic E-state index is -0.610. The second-order valence-electron chi connectivity index (χ2n) is 4.56. The molecule has 3 rings (SSSR count). The predicted octanol–water partition coefficient (Wildman–Crippen LogP) is 0.951. The third-order valence-electron chi connectivity index (χ3n) is 3.26. The van der Waals surface area contributed by atoms with E-state index in [9.17, 15) is 14.4 Å². The van der Waals surface area contributed by atoms with Crippen molar-refractivity contribution in [2.45, 2.75) is 6.04 Å². The van der Waals surface area contributed by atoms with Crippen LogP contribution in [0.3, 0.4) is 0 Å². The molecule has 2 fully saturated rings. The lowest BCUT2D eigenvalue weighted by Crippen LogP contribution is -2.61. The van der Waals surface area contributed by atoms with Crippen LogP contribution < -0.4 is 0 Å². The highest BCUT2D eigenvalue weighted by Crippen LogP contribution is 2.20. The highest BCUT2D eigenvalue weighted by Gasteiger charge is 2.43. The zero-order valence-electron chi connectivity index (χ0n) is 10.5. The number of thiophene rings is 1. The van der Waals surface area contributed by atoms with E-state index >= 15 is 0 Å². The molecule has 0 aromatic carbocycles. The minimum absolute atomic E-state index is 0.116. The molecule has 0 unspecified atom stereocenters. The van der Waals surface area contributed by atoms with Gasteiger partial charge >= 0.3 is 6.09 Å². The van der Waals surface area contributed by atoms with Crippen molar-refractivity contribution in [2.75, 3.05) is 19.7 Å². The van der Waals surface area contributed by atoms with Crippen molar-refractivity contribution in [2.24, 2.45) is 0 Å². The number of hydrogen-bond acceptors (Lipinski definition) is 5. The van der Waals surface area contributed by atoms with E-state index < -0.39 is 6.09 Å². The molecule has 104 valence electrons. The lowest BCUT2D eigenvalue weighted by atomic mass is 10.1. The average molecular weight is 292 g/mol. The summed E-state index contributed by atoms with van der Waals surface area (Å²) in [5.41, 5.74) is 0. The maximum atomic E-state index is 11.9. The molecule has 0 aliphatic carbocycles. The van der Waals surface area contributed by atoms with Crippen LogP contribution in [-0.4, -0.2) is 53.4 Å². The molecule has 3 amide bonds. The Hall–Kier alpha value is -2.15. The normalized spacial score (nSPS) is 19.6. The van der Waals surface area contributed by atoms with E-state index in [0.717, 1.165) is 9.78 Å². The Morgan fingerprint density at radius 2 is 2.20 bits per heavy atom. The molecule has 0 spiro atoms. The highest BCUT2D eigenvalue weighted by atomic mass is 32.1. The van der Waals surface area contributed by atoms with E-state index in [0.29, 0.717) is 13.1 Å². The van der Waals surface area contributed by atoms with Crippen LogP contribution in [0.2, 0.25) is 0 Å². The van der Waals surface area contributed by atoms with Gasteiger partial charge in [-0.15, -0.1) is 11.3 Å². The van der Waals surface area contributed by atoms with Crippen LogP contribution in [0.1, 0.15) is 4.88 Å². The molecule has 0 saturated carbocycles. The molecule has 2 saturated heterocycles. The third kappa shape index (κ3) is 2.32. The molecule has 1 aromatic heterocycles. The van der Waals surface area contributed by atoms with Crippen LogP contribution in [0.25, 0.3) is 6.08 Å². The van der Waals surface area contributed by atoms with Crippen LogP contribution >= 0.6 is 11.3 Å². The van der Waals surface area contributed by atoms with E-state index in [1.54, 1.807) is 22.3 Å². The van der Waals surface area contributed by atoms with Gasteiger partial charge in [-0.2, -0.15) is 0 Å². The van der Waals surface area contributed by atoms with Crippen molar-refractivity contribution in [3.05, 3.63) is 28.5 Å². The molecule has 20 heavy (non-hydrogen) atoms. The van der Waals surface area contributed by atoms with Crippen molar-refractivity contribution in [1.82, 2.24) is 9.80 Å². The van der Waals surface area contributed by atoms with Crippen LogP contribution in [0, 0.1) is 0 Å². The Balaban J connectivity index is 1.54. The molecule has 6 nitrogen and oxygen atoms in total. The van der Waals surface area contributed by atoms with Gasteiger partial charge in [0.1, 0.15) is 0 Å². The van der Waals surface area contributed by atoms with E-state index in [-0.39, 0.29) is 24.5 Å². The van der Waals surface area contributed by atoms with Gasteiger partial charge in [0.05, 0.1) is 6.04 Å². The summed E-state index contributed by atoms with van der Waals surface area (Å²) in [4.78, 5) is 38.4. The summed E-state index contributed by atoms with van der Waals surface area (Å²) in [7, 11) is 0. The molecule has 7 heteroatoms. The first kappa shape index (κ1) is 12.9. The largest absolute Gasteiger partial charge is 0.439 e. The summed E-state index contributed by atoms with van der Waals surface area (Å²) < 4.78 is 4.65. The van der Waals surface area contributed by atoms with Crippen LogP contribution in [-0.2, 0) is 14.3 Å². The number of ether oxygens (including phenoxy) is 1. The van der Waals surface area contributed by atoms with Gasteiger partial charge < -0.3 is 9.64 Å². The van der Waals surface area contributed by atoms with Crippen molar-refractivity contribution in [1.29, 1.82) is 0 Å². The SMILES string of the molecule is O=C(/C=C/c1cccs1)N1CC(N2C(=O)COC2=O)C1. The molecule has 2 aliphatic heterocycles. The number of likely N-dealkylation sites (tertiary alicyclic amines) is 1. The van der Waals surface area contributed by atoms with Crippen molar-refractivity contribution in [3.8, 4) is 0 Å². The second kappa shape index (κ2) is 5.09. The quantitative estimate of drug-likeness (QED) is 0.778. The van der Waals surface area contributed by atoms with Gasteiger partial charge in [0, 0.05) is 24.0 Å². The number of carbonyl (C=O) groups excluding carboxylic acids is 3. The zero-order chi connectivity index (χ0) is 14.1. The lowest BCUT2D eigenvalue weighted by molar-refractivity contribution is -0.138. The minimum Gasteiger partial charge on any atom is -0.439 e. The number of cyclic esters (lactones) is 1. The molecule has 0 atom stereocenters. The van der Waals surface area contributed by atoms with Crippen molar-refractivity contribution < 1.29 is 19.1 Å². The Bertz CT molecular complexity index is 559. The third-order valence-corrected chi connectivity index (χ3v) is 4.09. The topological polar surface area (TPSA) is 66.9 Å². The Kier molecular flexibility index (Phi) is 3.27. The summed E-state index contributed by atoms with van der Waals surface area (Å²) >= 11 is 1.55. The number of hydrogen-bond donors (Lipinski definition) is 0. The molecular formula is C13H12N2O4S. The van der Waals surface area contributed by atoms with Crippen LogP contribution in [0.15, 0.2) is 23.6 Å². The summed E-state index contributed by atoms with van der Waals surface area (Å²) in [6.45, 7) is 0.546. The average Bonchev–Trinajstić information content (AvgIpc) is 2.99. The Morgan fingerprint density at radius 3 is 2.80 bits per heavy atom. The van der Waals surface area contributed by atoms with E-state index in [1.165, 1.54) is 6.08 Å². The number of rotatable bonds is 3. The van der Waals surface area contributed by atoms with Crippen LogP contribution in [0.5, 0.6) is 0 Å². The molecule has 0 N–H and O–H groups in total. The first-order valence-electron chi connectivity index (χ1n) is 6.14. The van der Waals surface area contributed by atoms with Crippen LogP contribution in [0.4, 0.5) is 4.79 Å². The summed E-state index contributed by atoms with van der Waals surface area (Å²) in [5.74, 6) is -0.448. The fraction of sp³-hybridized carbons (Fsp3) is 0.308. The summed E-state index contributed by atoms with van der Waals surface area (Å²) in [5, 5.41) is 1.94. The van der Waals surface area contributed by atoms with Crippen molar-refractivity contribution in [3.63, 3.8) is 0 Å². The Labute approximate surface area is 119 Å². The van der Waals surface area contributed by atoms with Gasteiger partial charge in [0.15, 0.2) is 6.61 Å². The first-order valence-corrected chi connectivity index (χ1v) is 7.02. The van der Waals surface area contributed by atoms with Gasteiger partial charge in [-0.25, -0.2) is 9.69 Å². The zero-order valence-corrected chi connectivity index (χ0v) is 11.3. The number of amides is 3. The summed E-state index contributed by atoms with van der Waals surface area (Å²) in [6, 6.07) is 3.59. The van der Waals surface area contributed by atoms with Gasteiger partial charge in [-0.05, 0) is 17.5 Å². The fourth-order valence-corrected chi connectivity index (χ4v) is 2.78. The maximum Gasteiger partial charge on any atom is 0.417 e. The van der Waals surface area contributed by atoms with E-state index in [4.69, 9.17) is 0 Å². The highest BCUT2D eigenvalue weighted by molar-refractivity contribution is 7.10. The lowest BCUT2D eigenvalue weighted by Gasteiger charge is -2.41. The first-order chi connectivity index (χ1) is 9.65. The molecular weight excluding hydrogens is 280 g/mol. The Morgan fingerprint density at radius 1 is 1.40 bits per heavy atom. The second-order valence-corrected chi connectivity index (χ2v) is 5.54. The monoisotopic (exact) mass is 292 g/mol. The van der Waals surface area contributed by atoms with Crippen molar-refractivity contribution >= 4 is 35.3 Å². The molecule has 3 heterocycles. The molecule has 0 bridgehead atoms. The van der Waals surface area contributed by atoms with Gasteiger partial charge in [0.25, 0.3) is 5.91 Å². The van der Waals surface area contributed by atoms with Gasteiger partial charge in [0.2, 0.25) is 5.91 Å². The number of nitrogens with zero attached hydrogens (tertiary/aromatic N) is 2. The van der Waals surface area contributed by atoms with E-state index in [2.05, 4.69) is 4.74 Å². The van der Waals surface area contributed by atoms with Gasteiger partial charge in [-0.3, -0.25) is 9.59 Å². The van der Waals surface area contributed by atoms with Gasteiger partial charge in [-0.1, -0.05) is 6.07 Å². The number of carbonyl (C=O) groups is 3. The number of imide groups is 1. The molecule has 2 aliphatic rings. The van der Waals surface area contributed by atoms with E-state index in [1.807, 2.05) is 17.5 Å². The maximum absolute atomic E-state index is 11.9. The standard InChI is InChI=1S/C13H12N2O4S/c16-11(4-3-10-2-1-5-20-10)14-6-9(7-14)15-12(17)8-19-13(15)18/h1-5,9H,6-8H2/b4-3+. The molecule has 1 aromatic rings. The smallest absolute Gasteiger partial charge is 0.417 e. The predicted molar refractivity (Wildman–Crippen MR) is 71.9 cm³/mol. The fourth-order valence-electron chi connectivity index (χ4n) is 2.16. The summed E-state index contributed by atoms with van der Waals surface area (Å²) in [6.07, 6.45) is 2.66. The molecule has 0 radical (unpaired) electrons.